The zero-order valence-corrected chi connectivity index (χ0v) is 80.6. The second-order valence-electron chi connectivity index (χ2n) is 38.6. The fourth-order valence-electron chi connectivity index (χ4n) is 22.8. The standard InChI is InChI=1S/C49H30N2O2.C45H31N3O.C42H27N3O/c1-3-15-33(16-4-1)49(34-17-5-2-6-18-34)39-22-10-8-20-37(39)47-38(21-13-23-40(47)49)41-30-42(46-28-31-14-7-11-24-43(31)52-46)51-48(50-41)32-26-27-36-35-19-9-12-25-44(35)53-45(36)29-32;1-45(2)35-17-7-4-15-33(35)43-34(16-11-18-36(43)45)37-27-38(42-26-29-12-3-10-21-41(29)49-42)47-44(46-37)28-22-24-30(25-23-28)48-39-19-8-5-13-31(39)32-14-6-9-20-40(32)48;1-2-11-28(12-3-1)30-14-10-15-31(25-30)36-27-37(41-26-32-13-4-9-20-40(32)46-41)44-42(43-36)29-21-23-33(24-22-29)45-38-18-7-5-16-34(38)35-17-6-8-19-39(35)45/h1-30H;3-27H,1-2H3;1-27H. The molecule has 0 radical (unpaired) electrons. The van der Waals surface area contributed by atoms with Gasteiger partial charge in [0.2, 0.25) is 0 Å². The summed E-state index contributed by atoms with van der Waals surface area (Å²) in [4.78, 5) is 31.1. The molecular weight excluding hydrogens is 1810 g/mol. The Bertz CT molecular complexity index is 9860. The average Bonchev–Trinajstić information content (AvgIpc) is 1.53. The molecule has 2 aliphatic rings. The second-order valence-corrected chi connectivity index (χ2v) is 38.6. The highest BCUT2D eigenvalue weighted by Crippen LogP contribution is 2.59. The van der Waals surface area contributed by atoms with E-state index in [1.807, 2.05) is 84.9 Å². The van der Waals surface area contributed by atoms with E-state index in [9.17, 15) is 0 Å². The van der Waals surface area contributed by atoms with Crippen molar-refractivity contribution in [3.63, 3.8) is 0 Å². The number of nitrogens with zero attached hydrogens (tertiary/aromatic N) is 8. The van der Waals surface area contributed by atoms with Gasteiger partial charge in [0, 0.05) is 98.6 Å². The van der Waals surface area contributed by atoms with Crippen LogP contribution in [0.1, 0.15) is 47.2 Å². The Hall–Kier alpha value is -19.6. The lowest BCUT2D eigenvalue weighted by molar-refractivity contribution is 0.628. The van der Waals surface area contributed by atoms with E-state index in [-0.39, 0.29) is 5.41 Å². The van der Waals surface area contributed by atoms with Crippen LogP contribution in [0, 0.1) is 0 Å². The summed E-state index contributed by atoms with van der Waals surface area (Å²) in [7, 11) is 0. The van der Waals surface area contributed by atoms with Crippen molar-refractivity contribution in [1.29, 1.82) is 0 Å². The first-order valence-corrected chi connectivity index (χ1v) is 50.1. The summed E-state index contributed by atoms with van der Waals surface area (Å²) in [6.07, 6.45) is 0. The molecule has 9 heterocycles. The molecule has 0 unspecified atom stereocenters. The predicted molar refractivity (Wildman–Crippen MR) is 601 cm³/mol. The third-order valence-corrected chi connectivity index (χ3v) is 29.7. The van der Waals surface area contributed by atoms with Crippen molar-refractivity contribution in [3.05, 3.63) is 531 Å². The first kappa shape index (κ1) is 86.3. The molecule has 0 fully saturated rings. The van der Waals surface area contributed by atoms with Crippen LogP contribution in [0.2, 0.25) is 0 Å². The Labute approximate surface area is 851 Å². The lowest BCUT2D eigenvalue weighted by atomic mass is 9.67. The highest BCUT2D eigenvalue weighted by Gasteiger charge is 2.47. The van der Waals surface area contributed by atoms with Crippen LogP contribution in [0.15, 0.2) is 515 Å². The topological polar surface area (TPSA) is 140 Å². The number of fused-ring (bicyclic) bond motifs is 18. The van der Waals surface area contributed by atoms with Crippen molar-refractivity contribution in [2.45, 2.75) is 24.7 Å². The van der Waals surface area contributed by atoms with Crippen LogP contribution >= 0.6 is 0 Å². The normalized spacial score (nSPS) is 12.6. The van der Waals surface area contributed by atoms with Crippen molar-refractivity contribution >= 4 is 98.5 Å². The highest BCUT2D eigenvalue weighted by atomic mass is 16.3. The van der Waals surface area contributed by atoms with Crippen LogP contribution in [0.25, 0.3) is 246 Å². The minimum absolute atomic E-state index is 0.109. The van der Waals surface area contributed by atoms with Gasteiger partial charge >= 0.3 is 0 Å². The number of rotatable bonds is 14. The molecule has 696 valence electrons. The van der Waals surface area contributed by atoms with E-state index >= 15 is 0 Å². The van der Waals surface area contributed by atoms with E-state index in [0.717, 1.165) is 145 Å². The Balaban J connectivity index is 0.000000107. The van der Waals surface area contributed by atoms with Gasteiger partial charge in [0.1, 0.15) is 45.0 Å². The minimum Gasteiger partial charge on any atom is -0.456 e. The van der Waals surface area contributed by atoms with E-state index < -0.39 is 5.41 Å². The molecule has 0 spiro atoms. The van der Waals surface area contributed by atoms with E-state index in [2.05, 4.69) is 435 Å². The van der Waals surface area contributed by atoms with Gasteiger partial charge in [0.25, 0.3) is 0 Å². The van der Waals surface area contributed by atoms with Gasteiger partial charge in [-0.2, -0.15) is 0 Å². The number of aromatic nitrogens is 8. The van der Waals surface area contributed by atoms with Gasteiger partial charge in [-0.1, -0.05) is 360 Å². The van der Waals surface area contributed by atoms with Crippen LogP contribution in [0.3, 0.4) is 0 Å². The lowest BCUT2D eigenvalue weighted by Gasteiger charge is -2.33. The molecule has 9 aromatic heterocycles. The number of hydrogen-bond donors (Lipinski definition) is 0. The quantitative estimate of drug-likeness (QED) is 0.103. The van der Waals surface area contributed by atoms with Gasteiger partial charge in [0.05, 0.1) is 44.6 Å². The maximum atomic E-state index is 6.43. The Kier molecular flexibility index (Phi) is 20.6. The molecule has 28 aromatic rings. The minimum atomic E-state index is -0.520. The van der Waals surface area contributed by atoms with Gasteiger partial charge in [-0.05, 0) is 218 Å². The zero-order valence-electron chi connectivity index (χ0n) is 80.6. The van der Waals surface area contributed by atoms with Gasteiger partial charge < -0.3 is 26.8 Å². The molecular formula is C136H88N8O4. The van der Waals surface area contributed by atoms with E-state index in [4.69, 9.17) is 47.6 Å². The number of hydrogen-bond acceptors (Lipinski definition) is 10. The molecule has 12 nitrogen and oxygen atoms in total. The van der Waals surface area contributed by atoms with E-state index in [1.165, 1.54) is 99.2 Å². The van der Waals surface area contributed by atoms with E-state index in [1.54, 1.807) is 0 Å². The maximum absolute atomic E-state index is 6.43. The molecule has 0 bridgehead atoms. The number of para-hydroxylation sites is 8. The summed E-state index contributed by atoms with van der Waals surface area (Å²) in [5.74, 6) is 4.03. The fraction of sp³-hybridized carbons (Fsp3) is 0.0294. The first-order chi connectivity index (χ1) is 73.1. The highest BCUT2D eigenvalue weighted by molar-refractivity contribution is 6.11. The molecule has 0 amide bonds. The maximum Gasteiger partial charge on any atom is 0.160 e. The third-order valence-electron chi connectivity index (χ3n) is 29.7. The van der Waals surface area contributed by atoms with Gasteiger partial charge in [-0.3, -0.25) is 0 Å². The van der Waals surface area contributed by atoms with Crippen molar-refractivity contribution < 1.29 is 17.7 Å². The monoisotopic (exact) mass is 1900 g/mol. The first-order valence-electron chi connectivity index (χ1n) is 50.1. The van der Waals surface area contributed by atoms with Crippen molar-refractivity contribution in [2.24, 2.45) is 0 Å². The van der Waals surface area contributed by atoms with Crippen LogP contribution in [0.4, 0.5) is 0 Å². The molecule has 12 heteroatoms. The lowest BCUT2D eigenvalue weighted by Crippen LogP contribution is -2.28. The van der Waals surface area contributed by atoms with E-state index in [0.29, 0.717) is 34.7 Å². The smallest absolute Gasteiger partial charge is 0.160 e. The molecule has 30 rings (SSSR count). The van der Waals surface area contributed by atoms with Gasteiger partial charge in [0.15, 0.2) is 34.8 Å². The average molecular weight is 1900 g/mol. The summed E-state index contributed by atoms with van der Waals surface area (Å²) in [6, 6.07) is 174. The molecule has 0 N–H and O–H groups in total. The van der Waals surface area contributed by atoms with Crippen LogP contribution in [-0.2, 0) is 10.8 Å². The summed E-state index contributed by atoms with van der Waals surface area (Å²) < 4.78 is 30.1. The van der Waals surface area contributed by atoms with Crippen molar-refractivity contribution in [1.82, 2.24) is 39.0 Å². The molecule has 2 aliphatic carbocycles. The Morgan fingerprint density at radius 3 is 1.03 bits per heavy atom. The Morgan fingerprint density at radius 2 is 0.534 bits per heavy atom. The number of furan rings is 4. The van der Waals surface area contributed by atoms with Crippen molar-refractivity contribution in [2.75, 3.05) is 0 Å². The predicted octanol–water partition coefficient (Wildman–Crippen LogP) is 35.1. The SMILES string of the molecule is CC1(C)c2ccccc2-c2c(-c3cc(-c4cc5ccccc5o4)nc(-c4ccc(-n5c6ccccc6c6ccccc65)cc4)n3)cccc21.c1ccc(-c2cccc(-c3cc(-c4cc5ccccc5o4)nc(-c4ccc(-n5c6ccccc6c6ccccc65)cc4)n3)c2)cc1.c1ccc(C2(c3ccccc3)c3ccccc3-c3c(-c4cc(-c5cc6ccccc6o5)nc(-c5ccc6c(c5)oc5ccccc56)n4)cccc32)cc1. The van der Waals surface area contributed by atoms with Gasteiger partial charge in [-0.25, -0.2) is 29.9 Å². The largest absolute Gasteiger partial charge is 0.456 e. The summed E-state index contributed by atoms with van der Waals surface area (Å²) in [6.45, 7) is 4.62. The Morgan fingerprint density at radius 1 is 0.196 bits per heavy atom. The van der Waals surface area contributed by atoms with Crippen LogP contribution in [0.5, 0.6) is 0 Å². The second kappa shape index (κ2) is 35.2. The van der Waals surface area contributed by atoms with Crippen molar-refractivity contribution in [3.8, 4) is 147 Å². The van der Waals surface area contributed by atoms with Crippen LogP contribution < -0.4 is 0 Å². The summed E-state index contributed by atoms with van der Waals surface area (Å²) in [5.41, 5.74) is 35.8. The molecule has 0 atom stereocenters. The zero-order chi connectivity index (χ0) is 98.1. The molecule has 0 saturated heterocycles. The third kappa shape index (κ3) is 14.6. The molecule has 148 heavy (non-hydrogen) atoms. The molecule has 0 aliphatic heterocycles. The summed E-state index contributed by atoms with van der Waals surface area (Å²) >= 11 is 0. The van der Waals surface area contributed by atoms with Crippen LogP contribution in [-0.4, -0.2) is 39.0 Å². The molecule has 19 aromatic carbocycles. The molecule has 0 saturated carbocycles. The fourth-order valence-corrected chi connectivity index (χ4v) is 22.8. The summed E-state index contributed by atoms with van der Waals surface area (Å²) in [5, 5.41) is 10.2. The number of benzene rings is 19. The van der Waals surface area contributed by atoms with Gasteiger partial charge in [-0.15, -0.1) is 0 Å².